The number of piperidine rings is 1. The molecule has 0 bridgehead atoms. The number of hydrogen-bond donors (Lipinski definition) is 0. The van der Waals surface area contributed by atoms with Crippen molar-refractivity contribution in [3.8, 4) is 0 Å². The lowest BCUT2D eigenvalue weighted by atomic mass is 9.92. The number of rotatable bonds is 5. The smallest absolute Gasteiger partial charge is 0.209 e. The van der Waals surface area contributed by atoms with Gasteiger partial charge in [-0.3, -0.25) is 9.48 Å². The van der Waals surface area contributed by atoms with Gasteiger partial charge in [-0.25, -0.2) is 0 Å². The number of carbonyl (C=O) groups is 1. The minimum atomic E-state index is -0.211. The maximum atomic E-state index is 11.3. The first-order valence-electron chi connectivity index (χ1n) is 9.44. The molecule has 1 aromatic heterocycles. The molecule has 5 rings (SSSR count). The highest BCUT2D eigenvalue weighted by Gasteiger charge is 2.73. The fraction of sp³-hybridized carbons (Fsp3) is 0.737. The van der Waals surface area contributed by atoms with E-state index in [0.717, 1.165) is 43.2 Å². The Morgan fingerprint density at radius 2 is 2.20 bits per heavy atom. The third-order valence-corrected chi connectivity index (χ3v) is 6.74. The molecular weight excluding hydrogens is 316 g/mol. The summed E-state index contributed by atoms with van der Waals surface area (Å²) in [6.45, 7) is 7.98. The average Bonchev–Trinajstić information content (AvgIpc) is 3.35. The second-order valence-electron chi connectivity index (χ2n) is 9.03. The summed E-state index contributed by atoms with van der Waals surface area (Å²) in [5, 5.41) is 9.38. The molecule has 4 atom stereocenters. The minimum absolute atomic E-state index is 0.0575. The normalized spacial score (nSPS) is 36.6. The van der Waals surface area contributed by atoms with Crippen LogP contribution < -0.4 is 0 Å². The predicted octanol–water partition coefficient (Wildman–Crippen LogP) is 2.36. The van der Waals surface area contributed by atoms with Crippen molar-refractivity contribution in [2.75, 3.05) is 13.1 Å². The summed E-state index contributed by atoms with van der Waals surface area (Å²) in [7, 11) is 0. The molecule has 1 amide bonds. The summed E-state index contributed by atoms with van der Waals surface area (Å²) < 4.78 is 2.13. The van der Waals surface area contributed by atoms with Gasteiger partial charge < -0.3 is 9.74 Å². The zero-order chi connectivity index (χ0) is 17.4. The van der Waals surface area contributed by atoms with Crippen molar-refractivity contribution in [2.45, 2.75) is 57.1 Å². The van der Waals surface area contributed by atoms with Gasteiger partial charge in [-0.1, -0.05) is 5.16 Å². The first-order valence-corrected chi connectivity index (χ1v) is 9.44. The van der Waals surface area contributed by atoms with Crippen molar-refractivity contribution in [3.63, 3.8) is 0 Å². The van der Waals surface area contributed by atoms with E-state index in [0.29, 0.717) is 17.9 Å². The highest BCUT2D eigenvalue weighted by atomic mass is 16.7. The highest BCUT2D eigenvalue weighted by Crippen LogP contribution is 2.65. The van der Waals surface area contributed by atoms with Crippen LogP contribution in [0.4, 0.5) is 0 Å². The summed E-state index contributed by atoms with van der Waals surface area (Å²) in [6.07, 6.45) is 6.60. The molecule has 0 spiro atoms. The second kappa shape index (κ2) is 4.86. The number of carbonyl (C=O) groups excluding carboxylic acids is 1. The SMILES string of the molecule is CC(C1CC1)n1ccc([C@@]23CN(C=O)C[C@@H]2[C@H]3C2=NOC(C)(C)C2)n1. The number of amides is 1. The van der Waals surface area contributed by atoms with E-state index in [2.05, 4.69) is 42.9 Å². The molecule has 0 N–H and O–H groups in total. The summed E-state index contributed by atoms with van der Waals surface area (Å²) in [4.78, 5) is 18.8. The fourth-order valence-corrected chi connectivity index (χ4v) is 5.15. The molecule has 0 aromatic carbocycles. The number of aromatic nitrogens is 2. The van der Waals surface area contributed by atoms with Gasteiger partial charge in [0, 0.05) is 37.0 Å². The topological polar surface area (TPSA) is 59.7 Å². The molecular formula is C19H26N4O2. The lowest BCUT2D eigenvalue weighted by Crippen LogP contribution is -2.31. The van der Waals surface area contributed by atoms with E-state index in [9.17, 15) is 4.79 Å². The van der Waals surface area contributed by atoms with E-state index in [4.69, 9.17) is 9.94 Å². The molecule has 3 fully saturated rings. The zero-order valence-corrected chi connectivity index (χ0v) is 15.2. The Kier molecular flexibility index (Phi) is 3.00. The van der Waals surface area contributed by atoms with E-state index < -0.39 is 0 Å². The Morgan fingerprint density at radius 3 is 2.84 bits per heavy atom. The van der Waals surface area contributed by atoms with Crippen molar-refractivity contribution in [1.82, 2.24) is 14.7 Å². The van der Waals surface area contributed by atoms with Crippen LogP contribution in [0, 0.1) is 17.8 Å². The van der Waals surface area contributed by atoms with E-state index in [1.807, 2.05) is 4.90 Å². The first kappa shape index (κ1) is 15.4. The summed E-state index contributed by atoms with van der Waals surface area (Å²) in [5.41, 5.74) is 2.02. The van der Waals surface area contributed by atoms with Crippen molar-refractivity contribution in [1.29, 1.82) is 0 Å². The molecule has 3 heterocycles. The molecule has 1 unspecified atom stereocenters. The molecule has 1 saturated heterocycles. The number of likely N-dealkylation sites (tertiary alicyclic amines) is 1. The number of nitrogens with zero attached hydrogens (tertiary/aromatic N) is 4. The fourth-order valence-electron chi connectivity index (χ4n) is 5.15. The first-order chi connectivity index (χ1) is 11.9. The maximum Gasteiger partial charge on any atom is 0.209 e. The maximum absolute atomic E-state index is 11.3. The summed E-state index contributed by atoms with van der Waals surface area (Å²) >= 11 is 0. The van der Waals surface area contributed by atoms with Crippen molar-refractivity contribution < 1.29 is 9.63 Å². The van der Waals surface area contributed by atoms with Crippen molar-refractivity contribution >= 4 is 12.1 Å². The van der Waals surface area contributed by atoms with Gasteiger partial charge in [0.1, 0.15) is 5.60 Å². The number of hydrogen-bond acceptors (Lipinski definition) is 4. The molecule has 0 radical (unpaired) electrons. The molecule has 2 aliphatic carbocycles. The van der Waals surface area contributed by atoms with Gasteiger partial charge in [0.05, 0.1) is 17.4 Å². The van der Waals surface area contributed by atoms with Gasteiger partial charge >= 0.3 is 0 Å². The van der Waals surface area contributed by atoms with Crippen LogP contribution in [0.25, 0.3) is 0 Å². The Labute approximate surface area is 148 Å². The van der Waals surface area contributed by atoms with E-state index >= 15 is 0 Å². The van der Waals surface area contributed by atoms with Crippen molar-refractivity contribution in [2.24, 2.45) is 22.9 Å². The molecule has 25 heavy (non-hydrogen) atoms. The predicted molar refractivity (Wildman–Crippen MR) is 93.2 cm³/mol. The lowest BCUT2D eigenvalue weighted by Gasteiger charge is -2.20. The van der Waals surface area contributed by atoms with Gasteiger partial charge in [-0.2, -0.15) is 5.10 Å². The molecule has 4 aliphatic rings. The van der Waals surface area contributed by atoms with Crippen LogP contribution >= 0.6 is 0 Å². The van der Waals surface area contributed by atoms with E-state index in [1.165, 1.54) is 12.8 Å². The monoisotopic (exact) mass is 342 g/mol. The Balaban J connectivity index is 1.45. The molecule has 6 heteroatoms. The Morgan fingerprint density at radius 1 is 1.40 bits per heavy atom. The van der Waals surface area contributed by atoms with Gasteiger partial charge in [0.25, 0.3) is 0 Å². The van der Waals surface area contributed by atoms with Crippen LogP contribution in [0.5, 0.6) is 0 Å². The minimum Gasteiger partial charge on any atom is -0.389 e. The van der Waals surface area contributed by atoms with Crippen LogP contribution in [0.1, 0.15) is 51.8 Å². The molecule has 134 valence electrons. The standard InChI is InChI=1S/C19H26N4O2/c1-12(13-4-5-13)23-7-6-16(20-23)19-10-22(11-24)9-14(19)17(19)15-8-18(2,3)25-21-15/h6-7,11-14,17H,4-5,8-10H2,1-3H3/t12?,14-,17+,19-/m1/s1. The van der Waals surface area contributed by atoms with Gasteiger partial charge in [0.2, 0.25) is 6.41 Å². The van der Waals surface area contributed by atoms with E-state index in [1.54, 1.807) is 0 Å². The molecule has 2 saturated carbocycles. The van der Waals surface area contributed by atoms with Crippen LogP contribution in [-0.2, 0) is 15.0 Å². The van der Waals surface area contributed by atoms with Crippen LogP contribution in [-0.4, -0.2) is 45.5 Å². The highest BCUT2D eigenvalue weighted by molar-refractivity contribution is 5.94. The van der Waals surface area contributed by atoms with Gasteiger partial charge in [0.15, 0.2) is 0 Å². The van der Waals surface area contributed by atoms with Crippen molar-refractivity contribution in [3.05, 3.63) is 18.0 Å². The summed E-state index contributed by atoms with van der Waals surface area (Å²) in [6, 6.07) is 2.64. The van der Waals surface area contributed by atoms with Crippen LogP contribution in [0.3, 0.4) is 0 Å². The van der Waals surface area contributed by atoms with E-state index in [-0.39, 0.29) is 11.0 Å². The average molecular weight is 342 g/mol. The molecule has 1 aromatic rings. The largest absolute Gasteiger partial charge is 0.389 e. The number of fused-ring (bicyclic) bond motifs is 1. The third kappa shape index (κ3) is 2.19. The Bertz CT molecular complexity index is 750. The number of oxime groups is 1. The summed E-state index contributed by atoms with van der Waals surface area (Å²) in [5.74, 6) is 1.57. The van der Waals surface area contributed by atoms with Gasteiger partial charge in [-0.15, -0.1) is 0 Å². The molecule has 6 nitrogen and oxygen atoms in total. The molecule has 2 aliphatic heterocycles. The second-order valence-corrected chi connectivity index (χ2v) is 9.03. The quantitative estimate of drug-likeness (QED) is 0.772. The zero-order valence-electron chi connectivity index (χ0n) is 15.2. The third-order valence-electron chi connectivity index (χ3n) is 6.74. The Hall–Kier alpha value is -1.85. The van der Waals surface area contributed by atoms with Gasteiger partial charge in [-0.05, 0) is 51.5 Å². The van der Waals surface area contributed by atoms with Crippen LogP contribution in [0.2, 0.25) is 0 Å². The van der Waals surface area contributed by atoms with Crippen LogP contribution in [0.15, 0.2) is 17.4 Å². The lowest BCUT2D eigenvalue weighted by molar-refractivity contribution is -0.117.